The number of aryl methyl sites for hydroxylation is 4. The van der Waals surface area contributed by atoms with Gasteiger partial charge in [-0.3, -0.25) is 15.0 Å². The molecule has 9 heteroatoms. The summed E-state index contributed by atoms with van der Waals surface area (Å²) in [6.07, 6.45) is 6.08. The van der Waals surface area contributed by atoms with Crippen molar-refractivity contribution >= 4 is 18.2 Å². The summed E-state index contributed by atoms with van der Waals surface area (Å²) >= 11 is 0. The van der Waals surface area contributed by atoms with Crippen molar-refractivity contribution in [3.05, 3.63) is 57.6 Å². The summed E-state index contributed by atoms with van der Waals surface area (Å²) in [5, 5.41) is 33.0. The Bertz CT molecular complexity index is 1100. The molecule has 0 aromatic heterocycles. The molecule has 9 nitrogen and oxygen atoms in total. The van der Waals surface area contributed by atoms with Crippen molar-refractivity contribution in [3.63, 3.8) is 0 Å². The minimum absolute atomic E-state index is 0.0544. The molecule has 2 aromatic rings. The van der Waals surface area contributed by atoms with E-state index in [9.17, 15) is 19.8 Å². The Morgan fingerprint density at radius 3 is 1.95 bits per heavy atom. The van der Waals surface area contributed by atoms with Crippen LogP contribution in [0.3, 0.4) is 0 Å². The van der Waals surface area contributed by atoms with Crippen molar-refractivity contribution in [3.8, 4) is 11.5 Å². The molecular weight excluding hydrogens is 482 g/mol. The van der Waals surface area contributed by atoms with Crippen molar-refractivity contribution < 1.29 is 19.8 Å². The molecule has 1 amide bonds. The van der Waals surface area contributed by atoms with Gasteiger partial charge in [0.2, 0.25) is 12.2 Å². The number of hydrogen-bond donors (Lipinski definition) is 7. The van der Waals surface area contributed by atoms with Crippen LogP contribution in [0.25, 0.3) is 0 Å². The molecule has 2 atom stereocenters. The van der Waals surface area contributed by atoms with Gasteiger partial charge in [-0.1, -0.05) is 43.5 Å². The second-order valence-corrected chi connectivity index (χ2v) is 10.3. The van der Waals surface area contributed by atoms with Crippen LogP contribution < -0.4 is 22.1 Å². The van der Waals surface area contributed by atoms with Gasteiger partial charge in [0.25, 0.3) is 0 Å². The Balaban J connectivity index is 2.17. The summed E-state index contributed by atoms with van der Waals surface area (Å²) in [5.74, 6) is -0.0574. The minimum Gasteiger partial charge on any atom is -0.507 e. The van der Waals surface area contributed by atoms with Gasteiger partial charge in [-0.15, -0.1) is 0 Å². The van der Waals surface area contributed by atoms with Crippen molar-refractivity contribution in [1.82, 2.24) is 10.6 Å². The van der Waals surface area contributed by atoms with Gasteiger partial charge in [-0.05, 0) is 80.3 Å². The van der Waals surface area contributed by atoms with Crippen molar-refractivity contribution in [2.45, 2.75) is 84.2 Å². The van der Waals surface area contributed by atoms with Gasteiger partial charge >= 0.3 is 0 Å². The number of nitrogens with one attached hydrogen (secondary N) is 3. The summed E-state index contributed by atoms with van der Waals surface area (Å²) in [7, 11) is 0. The highest BCUT2D eigenvalue weighted by atomic mass is 16.3. The molecule has 0 bridgehead atoms. The van der Waals surface area contributed by atoms with Crippen LogP contribution in [0, 0.1) is 33.1 Å². The quantitative estimate of drug-likeness (QED) is 0.113. The first-order chi connectivity index (χ1) is 17.9. The number of benzene rings is 2. The lowest BCUT2D eigenvalue weighted by Gasteiger charge is -2.30. The molecule has 207 valence electrons. The van der Waals surface area contributed by atoms with Crippen LogP contribution >= 0.6 is 0 Å². The summed E-state index contributed by atoms with van der Waals surface area (Å²) in [6.45, 7) is 7.79. The van der Waals surface area contributed by atoms with E-state index in [0.29, 0.717) is 41.6 Å². The third kappa shape index (κ3) is 8.76. The molecule has 0 aliphatic rings. The largest absolute Gasteiger partial charge is 0.507 e. The van der Waals surface area contributed by atoms with Gasteiger partial charge in [0.1, 0.15) is 11.5 Å². The molecule has 2 aromatic carbocycles. The Hall–Kier alpha value is -3.59. The van der Waals surface area contributed by atoms with Crippen molar-refractivity contribution in [1.29, 1.82) is 5.41 Å². The number of carbonyl (C=O) groups is 1. The van der Waals surface area contributed by atoms with E-state index in [1.54, 1.807) is 39.8 Å². The highest BCUT2D eigenvalue weighted by Gasteiger charge is 2.35. The monoisotopic (exact) mass is 524 g/mol. The first-order valence-electron chi connectivity index (χ1n) is 13.0. The normalized spacial score (nSPS) is 13.4. The van der Waals surface area contributed by atoms with E-state index < -0.39 is 17.5 Å². The Kier molecular flexibility index (Phi) is 11.1. The van der Waals surface area contributed by atoms with E-state index in [1.165, 1.54) is 0 Å². The van der Waals surface area contributed by atoms with Gasteiger partial charge in [0.15, 0.2) is 5.96 Å². The van der Waals surface area contributed by atoms with Crippen LogP contribution in [0.4, 0.5) is 0 Å². The second-order valence-electron chi connectivity index (χ2n) is 10.3. The van der Waals surface area contributed by atoms with E-state index >= 15 is 0 Å². The van der Waals surface area contributed by atoms with Crippen molar-refractivity contribution in [2.24, 2.45) is 11.5 Å². The fraction of sp³-hybridized carbons (Fsp3) is 0.483. The maximum Gasteiger partial charge on any atom is 0.241 e. The Labute approximate surface area is 225 Å². The van der Waals surface area contributed by atoms with E-state index in [0.717, 1.165) is 30.4 Å². The fourth-order valence-electron chi connectivity index (χ4n) is 4.76. The lowest BCUT2D eigenvalue weighted by molar-refractivity contribution is -0.127. The number of unbranched alkanes of at least 4 members (excludes halogenated alkanes) is 3. The lowest BCUT2D eigenvalue weighted by Crippen LogP contribution is -2.58. The first-order valence-corrected chi connectivity index (χ1v) is 13.0. The number of phenolic OH excluding ortho intramolecular Hbond substituents is 2. The number of guanidine groups is 1. The average molecular weight is 525 g/mol. The lowest BCUT2D eigenvalue weighted by atomic mass is 9.84. The summed E-state index contributed by atoms with van der Waals surface area (Å²) in [6, 6.07) is 6.34. The third-order valence-electron chi connectivity index (χ3n) is 6.83. The molecule has 0 aliphatic carbocycles. The molecule has 0 fully saturated rings. The molecule has 0 saturated heterocycles. The Morgan fingerprint density at radius 2 is 1.45 bits per heavy atom. The molecule has 0 unspecified atom stereocenters. The second kappa shape index (κ2) is 13.8. The van der Waals surface area contributed by atoms with Crippen LogP contribution in [0.1, 0.15) is 65.5 Å². The zero-order chi connectivity index (χ0) is 28.5. The molecule has 0 saturated carbocycles. The average Bonchev–Trinajstić information content (AvgIpc) is 2.84. The smallest absolute Gasteiger partial charge is 0.241 e. The zero-order valence-corrected chi connectivity index (χ0v) is 22.9. The van der Waals surface area contributed by atoms with Gasteiger partial charge in [0.05, 0.1) is 11.6 Å². The van der Waals surface area contributed by atoms with Crippen LogP contribution in [-0.4, -0.2) is 46.5 Å². The van der Waals surface area contributed by atoms with E-state index in [1.807, 2.05) is 18.4 Å². The number of phenols is 2. The summed E-state index contributed by atoms with van der Waals surface area (Å²) in [4.78, 5) is 25.4. The van der Waals surface area contributed by atoms with Crippen molar-refractivity contribution in [2.75, 3.05) is 6.54 Å². The molecular formula is C29H42N5O4. The molecule has 1 radical (unpaired) electrons. The molecule has 0 spiro atoms. The van der Waals surface area contributed by atoms with Gasteiger partial charge in [-0.25, -0.2) is 0 Å². The number of rotatable bonds is 14. The minimum atomic E-state index is -1.27. The molecule has 0 aliphatic heterocycles. The molecule has 2 rings (SSSR count). The number of nitrogens with two attached hydrogens (primary N) is 2. The summed E-state index contributed by atoms with van der Waals surface area (Å²) in [5.41, 5.74) is 15.2. The van der Waals surface area contributed by atoms with Gasteiger partial charge < -0.3 is 32.3 Å². The van der Waals surface area contributed by atoms with E-state index in [2.05, 4.69) is 10.6 Å². The van der Waals surface area contributed by atoms with Crippen LogP contribution in [0.5, 0.6) is 11.5 Å². The molecule has 9 N–H and O–H groups in total. The SMILES string of the molecule is Cc1cc(C[C@@H]([C]=O)NC(=O)[C@](N)(CCCCCCNC(=N)N)Cc2cc(C)c(O)c(C)c2)cc(C)c1O. The van der Waals surface area contributed by atoms with Gasteiger partial charge in [-0.2, -0.15) is 0 Å². The number of amides is 1. The van der Waals surface area contributed by atoms with Crippen LogP contribution in [-0.2, 0) is 22.4 Å². The maximum atomic E-state index is 13.5. The van der Waals surface area contributed by atoms with Gasteiger partial charge in [0, 0.05) is 13.0 Å². The maximum absolute atomic E-state index is 13.5. The predicted molar refractivity (Wildman–Crippen MR) is 150 cm³/mol. The van der Waals surface area contributed by atoms with Crippen LogP contribution in [0.15, 0.2) is 24.3 Å². The predicted octanol–water partition coefficient (Wildman–Crippen LogP) is 2.84. The van der Waals surface area contributed by atoms with E-state index in [-0.39, 0.29) is 30.3 Å². The fourth-order valence-corrected chi connectivity index (χ4v) is 4.76. The number of aromatic hydroxyl groups is 2. The molecule has 38 heavy (non-hydrogen) atoms. The van der Waals surface area contributed by atoms with Crippen LogP contribution in [0.2, 0.25) is 0 Å². The Morgan fingerprint density at radius 1 is 0.947 bits per heavy atom. The summed E-state index contributed by atoms with van der Waals surface area (Å²) < 4.78 is 0. The first kappa shape index (κ1) is 30.6. The highest BCUT2D eigenvalue weighted by Crippen LogP contribution is 2.27. The standard InChI is InChI=1S/C29H42N5O4/c1-18-11-22(12-19(2)25(18)36)15-24(17-35)34-27(38)29(32,9-7-5-6-8-10-33-28(30)31)16-23-13-20(3)26(37)21(4)14-23/h11-14,24,36-37H,5-10,15-16,32H2,1-4H3,(H,34,38)(H4,30,31,33)/t24-,29-/m0/s1. The number of carbonyl (C=O) groups excluding carboxylic acids is 2. The molecule has 0 heterocycles. The zero-order valence-electron chi connectivity index (χ0n) is 22.9. The number of hydrogen-bond acceptors (Lipinski definition) is 6. The van der Waals surface area contributed by atoms with E-state index in [4.69, 9.17) is 16.9 Å². The third-order valence-corrected chi connectivity index (χ3v) is 6.83. The topological polar surface area (TPSA) is 175 Å². The highest BCUT2D eigenvalue weighted by molar-refractivity contribution is 5.88.